The number of carbonyl (C=O) groups is 3. The molecule has 126 valence electrons. The van der Waals surface area contributed by atoms with E-state index in [0.29, 0.717) is 31.7 Å². The third-order valence-electron chi connectivity index (χ3n) is 4.15. The van der Waals surface area contributed by atoms with E-state index >= 15 is 0 Å². The fraction of sp³-hybridized carbons (Fsp3) is 0.444. The van der Waals surface area contributed by atoms with E-state index < -0.39 is 0 Å². The number of benzene rings is 1. The minimum Gasteiger partial charge on any atom is -0.339 e. The Labute approximate surface area is 141 Å². The second-order valence-electron chi connectivity index (χ2n) is 5.89. The molecule has 1 aromatic carbocycles. The quantitative estimate of drug-likeness (QED) is 0.768. The summed E-state index contributed by atoms with van der Waals surface area (Å²) >= 11 is 0. The summed E-state index contributed by atoms with van der Waals surface area (Å²) in [6, 6.07) is 9.16. The average molecular weight is 327 g/mol. The van der Waals surface area contributed by atoms with Gasteiger partial charge in [-0.3, -0.25) is 14.4 Å². The molecule has 0 bridgehead atoms. The van der Waals surface area contributed by atoms with Crippen molar-refractivity contribution in [3.63, 3.8) is 0 Å². The predicted molar refractivity (Wildman–Crippen MR) is 88.1 cm³/mol. The van der Waals surface area contributed by atoms with Crippen LogP contribution in [0.2, 0.25) is 0 Å². The number of nitrogens with zero attached hydrogens (tertiary/aromatic N) is 3. The average Bonchev–Trinajstić information content (AvgIpc) is 2.60. The van der Waals surface area contributed by atoms with Crippen LogP contribution in [0.3, 0.4) is 0 Å². The Bertz CT molecular complexity index is 653. The summed E-state index contributed by atoms with van der Waals surface area (Å²) in [4.78, 5) is 39.2. The third-order valence-corrected chi connectivity index (χ3v) is 4.15. The number of ketones is 1. The standard InChI is InChI=1S/C18H21N3O3/c1-14-2-4-15(5-3-14)16(22)6-7-17(23)20-10-12-21(13-11-20)18(24)8-9-19/h2-5H,6-8,10-13H2,1H3. The molecule has 1 aromatic rings. The summed E-state index contributed by atoms with van der Waals surface area (Å²) in [5.74, 6) is -0.298. The number of amides is 2. The lowest BCUT2D eigenvalue weighted by molar-refractivity contribution is -0.139. The maximum absolute atomic E-state index is 12.2. The molecule has 0 radical (unpaired) electrons. The van der Waals surface area contributed by atoms with Crippen molar-refractivity contribution in [3.8, 4) is 6.07 Å². The number of hydrogen-bond acceptors (Lipinski definition) is 4. The van der Waals surface area contributed by atoms with Gasteiger partial charge in [0.25, 0.3) is 0 Å². The topological polar surface area (TPSA) is 81.5 Å². The van der Waals surface area contributed by atoms with Crippen molar-refractivity contribution in [2.75, 3.05) is 26.2 Å². The van der Waals surface area contributed by atoms with E-state index in [4.69, 9.17) is 5.26 Å². The Morgan fingerprint density at radius 1 is 0.958 bits per heavy atom. The number of carbonyl (C=O) groups excluding carboxylic acids is 3. The maximum atomic E-state index is 12.2. The fourth-order valence-corrected chi connectivity index (χ4v) is 2.65. The normalized spacial score (nSPS) is 14.2. The van der Waals surface area contributed by atoms with E-state index in [2.05, 4.69) is 0 Å². The largest absolute Gasteiger partial charge is 0.339 e. The first-order valence-corrected chi connectivity index (χ1v) is 8.03. The molecule has 1 aliphatic heterocycles. The predicted octanol–water partition coefficient (Wildman–Crippen LogP) is 1.54. The van der Waals surface area contributed by atoms with E-state index in [1.165, 1.54) is 0 Å². The Hall–Kier alpha value is -2.68. The lowest BCUT2D eigenvalue weighted by Crippen LogP contribution is -2.50. The molecule has 2 amide bonds. The van der Waals surface area contributed by atoms with E-state index in [1.54, 1.807) is 21.9 Å². The van der Waals surface area contributed by atoms with Gasteiger partial charge < -0.3 is 9.80 Å². The van der Waals surface area contributed by atoms with Crippen LogP contribution in [0.1, 0.15) is 35.2 Å². The van der Waals surface area contributed by atoms with Gasteiger partial charge >= 0.3 is 0 Å². The van der Waals surface area contributed by atoms with Crippen molar-refractivity contribution >= 4 is 17.6 Å². The minimum atomic E-state index is -0.195. The molecule has 1 fully saturated rings. The first-order chi connectivity index (χ1) is 11.5. The van der Waals surface area contributed by atoms with Crippen LogP contribution in [0.4, 0.5) is 0 Å². The van der Waals surface area contributed by atoms with Gasteiger partial charge in [-0.25, -0.2) is 0 Å². The smallest absolute Gasteiger partial charge is 0.236 e. The first kappa shape index (κ1) is 17.7. The zero-order valence-corrected chi connectivity index (χ0v) is 13.8. The van der Waals surface area contributed by atoms with Crippen molar-refractivity contribution in [1.82, 2.24) is 9.80 Å². The Morgan fingerprint density at radius 3 is 2.04 bits per heavy atom. The van der Waals surface area contributed by atoms with E-state index in [9.17, 15) is 14.4 Å². The minimum absolute atomic E-state index is 0.0359. The van der Waals surface area contributed by atoms with Crippen molar-refractivity contribution in [2.45, 2.75) is 26.2 Å². The zero-order chi connectivity index (χ0) is 17.5. The zero-order valence-electron chi connectivity index (χ0n) is 13.8. The van der Waals surface area contributed by atoms with Gasteiger partial charge in [-0.2, -0.15) is 5.26 Å². The molecule has 2 rings (SSSR count). The fourth-order valence-electron chi connectivity index (χ4n) is 2.65. The third kappa shape index (κ3) is 4.66. The highest BCUT2D eigenvalue weighted by atomic mass is 16.2. The molecule has 1 heterocycles. The molecule has 6 heteroatoms. The van der Waals surface area contributed by atoms with Gasteiger partial charge in [0, 0.05) is 44.6 Å². The number of nitriles is 1. The number of hydrogen-bond donors (Lipinski definition) is 0. The van der Waals surface area contributed by atoms with Crippen LogP contribution in [-0.2, 0) is 9.59 Å². The summed E-state index contributed by atoms with van der Waals surface area (Å²) in [7, 11) is 0. The van der Waals surface area contributed by atoms with E-state index in [1.807, 2.05) is 25.1 Å². The second-order valence-corrected chi connectivity index (χ2v) is 5.89. The van der Waals surface area contributed by atoms with Gasteiger partial charge in [0.05, 0.1) is 6.07 Å². The van der Waals surface area contributed by atoms with Crippen LogP contribution < -0.4 is 0 Å². The molecule has 1 aliphatic rings. The van der Waals surface area contributed by atoms with Gasteiger partial charge in [-0.15, -0.1) is 0 Å². The van der Waals surface area contributed by atoms with Crippen LogP contribution in [0, 0.1) is 18.3 Å². The summed E-state index contributed by atoms with van der Waals surface area (Å²) < 4.78 is 0. The molecule has 0 atom stereocenters. The van der Waals surface area contributed by atoms with Crippen molar-refractivity contribution in [2.24, 2.45) is 0 Å². The summed E-state index contributed by atoms with van der Waals surface area (Å²) in [6.07, 6.45) is 0.243. The van der Waals surface area contributed by atoms with Gasteiger partial charge in [-0.1, -0.05) is 29.8 Å². The molecule has 0 unspecified atom stereocenters. The number of piperazine rings is 1. The van der Waals surface area contributed by atoms with Crippen LogP contribution >= 0.6 is 0 Å². The molecule has 0 aromatic heterocycles. The number of Topliss-reactive ketones (excluding diaryl/α,β-unsaturated/α-hetero) is 1. The highest BCUT2D eigenvalue weighted by Gasteiger charge is 2.24. The Kier molecular flexibility index (Phi) is 6.07. The number of aryl methyl sites for hydroxylation is 1. The first-order valence-electron chi connectivity index (χ1n) is 8.03. The van der Waals surface area contributed by atoms with Gasteiger partial charge in [-0.05, 0) is 6.92 Å². The molecule has 0 saturated carbocycles. The Balaban J connectivity index is 1.77. The maximum Gasteiger partial charge on any atom is 0.236 e. The molecule has 6 nitrogen and oxygen atoms in total. The molecule has 0 N–H and O–H groups in total. The van der Waals surface area contributed by atoms with Gasteiger partial charge in [0.15, 0.2) is 5.78 Å². The van der Waals surface area contributed by atoms with E-state index in [-0.39, 0.29) is 36.9 Å². The summed E-state index contributed by atoms with van der Waals surface area (Å²) in [6.45, 7) is 3.75. The Morgan fingerprint density at radius 2 is 1.50 bits per heavy atom. The van der Waals surface area contributed by atoms with Gasteiger partial charge in [0.1, 0.15) is 6.42 Å². The molecular formula is C18H21N3O3. The van der Waals surface area contributed by atoms with Crippen molar-refractivity contribution in [3.05, 3.63) is 35.4 Å². The molecule has 1 saturated heterocycles. The van der Waals surface area contributed by atoms with Crippen LogP contribution in [0.25, 0.3) is 0 Å². The summed E-state index contributed by atoms with van der Waals surface area (Å²) in [5.41, 5.74) is 1.71. The molecule has 24 heavy (non-hydrogen) atoms. The monoisotopic (exact) mass is 327 g/mol. The number of rotatable bonds is 5. The van der Waals surface area contributed by atoms with Crippen molar-refractivity contribution < 1.29 is 14.4 Å². The lowest BCUT2D eigenvalue weighted by Gasteiger charge is -2.34. The molecule has 0 aliphatic carbocycles. The summed E-state index contributed by atoms with van der Waals surface area (Å²) in [5, 5.41) is 8.54. The highest BCUT2D eigenvalue weighted by molar-refractivity contribution is 5.98. The van der Waals surface area contributed by atoms with Crippen LogP contribution in [0.5, 0.6) is 0 Å². The van der Waals surface area contributed by atoms with Crippen molar-refractivity contribution in [1.29, 1.82) is 5.26 Å². The van der Waals surface area contributed by atoms with Crippen LogP contribution in [0.15, 0.2) is 24.3 Å². The second kappa shape index (κ2) is 8.25. The molecular weight excluding hydrogens is 306 g/mol. The SMILES string of the molecule is Cc1ccc(C(=O)CCC(=O)N2CCN(C(=O)CC#N)CC2)cc1. The van der Waals surface area contributed by atoms with E-state index in [0.717, 1.165) is 5.56 Å². The highest BCUT2D eigenvalue weighted by Crippen LogP contribution is 2.10. The lowest BCUT2D eigenvalue weighted by atomic mass is 10.0. The van der Waals surface area contributed by atoms with Gasteiger partial charge in [0.2, 0.25) is 11.8 Å². The molecule has 0 spiro atoms. The van der Waals surface area contributed by atoms with Crippen LogP contribution in [-0.4, -0.2) is 53.6 Å².